The third-order valence-corrected chi connectivity index (χ3v) is 4.87. The first-order chi connectivity index (χ1) is 8.26. The summed E-state index contributed by atoms with van der Waals surface area (Å²) in [6, 6.07) is 0. The third-order valence-electron chi connectivity index (χ3n) is 3.73. The van der Waals surface area contributed by atoms with Gasteiger partial charge in [0, 0.05) is 16.5 Å². The lowest BCUT2D eigenvalue weighted by atomic mass is 10.0. The van der Waals surface area contributed by atoms with E-state index in [1.54, 1.807) is 11.3 Å². The summed E-state index contributed by atoms with van der Waals surface area (Å²) >= 11 is 1.76. The maximum Gasteiger partial charge on any atom is 0.194 e. The SMILES string of the molecule is CCC(C)c1nc2sc3c(n2c1C=O)CCC3. The number of carbonyl (C=O) groups excluding carboxylic acids is 1. The van der Waals surface area contributed by atoms with E-state index in [0.717, 1.165) is 41.9 Å². The van der Waals surface area contributed by atoms with Crippen molar-refractivity contribution in [2.24, 2.45) is 0 Å². The molecule has 0 saturated heterocycles. The maximum absolute atomic E-state index is 11.4. The molecular weight excluding hydrogens is 232 g/mol. The Labute approximate surface area is 104 Å². The highest BCUT2D eigenvalue weighted by Crippen LogP contribution is 2.34. The summed E-state index contributed by atoms with van der Waals surface area (Å²) in [7, 11) is 0. The zero-order chi connectivity index (χ0) is 12.0. The van der Waals surface area contributed by atoms with Gasteiger partial charge in [-0.25, -0.2) is 4.98 Å². The van der Waals surface area contributed by atoms with Crippen molar-refractivity contribution >= 4 is 22.6 Å². The molecule has 1 atom stereocenters. The van der Waals surface area contributed by atoms with Crippen LogP contribution in [0, 0.1) is 0 Å². The zero-order valence-corrected chi connectivity index (χ0v) is 11.0. The van der Waals surface area contributed by atoms with E-state index in [0.29, 0.717) is 5.92 Å². The van der Waals surface area contributed by atoms with Crippen molar-refractivity contribution in [1.82, 2.24) is 9.38 Å². The van der Waals surface area contributed by atoms with Gasteiger partial charge in [0.05, 0.1) is 5.69 Å². The first kappa shape index (κ1) is 11.0. The minimum absolute atomic E-state index is 0.361. The molecule has 1 aliphatic rings. The lowest BCUT2D eigenvalue weighted by molar-refractivity contribution is 0.111. The van der Waals surface area contributed by atoms with Gasteiger partial charge >= 0.3 is 0 Å². The van der Waals surface area contributed by atoms with Gasteiger partial charge in [0.25, 0.3) is 0 Å². The standard InChI is InChI=1S/C13H16N2OS/c1-3-8(2)12-10(7-16)15-9-5-4-6-11(9)17-13(15)14-12/h7-8H,3-6H2,1-2H3. The number of hydrogen-bond donors (Lipinski definition) is 0. The Kier molecular flexibility index (Phi) is 2.54. The topological polar surface area (TPSA) is 34.4 Å². The second-order valence-electron chi connectivity index (χ2n) is 4.75. The summed E-state index contributed by atoms with van der Waals surface area (Å²) < 4.78 is 2.10. The van der Waals surface area contributed by atoms with Crippen LogP contribution in [0.1, 0.15) is 59.4 Å². The molecule has 0 radical (unpaired) electrons. The van der Waals surface area contributed by atoms with Gasteiger partial charge in [-0.05, 0) is 25.7 Å². The molecule has 4 heteroatoms. The minimum atomic E-state index is 0.361. The number of carbonyl (C=O) groups is 1. The van der Waals surface area contributed by atoms with E-state index >= 15 is 0 Å². The first-order valence-electron chi connectivity index (χ1n) is 6.24. The molecule has 1 aliphatic carbocycles. The fraction of sp³-hybridized carbons (Fsp3) is 0.538. The summed E-state index contributed by atoms with van der Waals surface area (Å²) in [5.41, 5.74) is 3.09. The Balaban J connectivity index is 2.26. The van der Waals surface area contributed by atoms with Crippen LogP contribution in [0.2, 0.25) is 0 Å². The quantitative estimate of drug-likeness (QED) is 0.782. The number of rotatable bonds is 3. The first-order valence-corrected chi connectivity index (χ1v) is 7.06. The van der Waals surface area contributed by atoms with Crippen LogP contribution in [-0.4, -0.2) is 15.7 Å². The van der Waals surface area contributed by atoms with Crippen molar-refractivity contribution < 1.29 is 4.79 Å². The predicted octanol–water partition coefficient (Wildman–Crippen LogP) is 3.21. The van der Waals surface area contributed by atoms with Crippen molar-refractivity contribution in [3.8, 4) is 0 Å². The normalized spacial score (nSPS) is 16.4. The van der Waals surface area contributed by atoms with E-state index in [9.17, 15) is 4.79 Å². The molecule has 0 amide bonds. The van der Waals surface area contributed by atoms with Crippen molar-refractivity contribution in [1.29, 1.82) is 0 Å². The Morgan fingerprint density at radius 3 is 3.06 bits per heavy atom. The lowest BCUT2D eigenvalue weighted by Crippen LogP contribution is -2.00. The van der Waals surface area contributed by atoms with Crippen LogP contribution in [0.3, 0.4) is 0 Å². The Morgan fingerprint density at radius 2 is 2.35 bits per heavy atom. The van der Waals surface area contributed by atoms with Gasteiger partial charge in [0.15, 0.2) is 11.2 Å². The van der Waals surface area contributed by atoms with Crippen LogP contribution >= 0.6 is 11.3 Å². The molecule has 0 N–H and O–H groups in total. The van der Waals surface area contributed by atoms with Gasteiger partial charge in [-0.1, -0.05) is 13.8 Å². The van der Waals surface area contributed by atoms with E-state index in [1.807, 2.05) is 0 Å². The Hall–Kier alpha value is -1.16. The number of hydrogen-bond acceptors (Lipinski definition) is 3. The monoisotopic (exact) mass is 248 g/mol. The van der Waals surface area contributed by atoms with Crippen molar-refractivity contribution in [3.05, 3.63) is 22.0 Å². The van der Waals surface area contributed by atoms with Gasteiger partial charge < -0.3 is 0 Å². The molecule has 2 heterocycles. The van der Waals surface area contributed by atoms with E-state index in [4.69, 9.17) is 0 Å². The third kappa shape index (κ3) is 1.47. The average molecular weight is 248 g/mol. The molecule has 3 rings (SSSR count). The number of nitrogens with zero attached hydrogens (tertiary/aromatic N) is 2. The number of imidazole rings is 1. The van der Waals surface area contributed by atoms with Crippen LogP contribution in [0.4, 0.5) is 0 Å². The lowest BCUT2D eigenvalue weighted by Gasteiger charge is -2.05. The molecule has 0 fully saturated rings. The smallest absolute Gasteiger partial charge is 0.194 e. The highest BCUT2D eigenvalue weighted by Gasteiger charge is 2.24. The van der Waals surface area contributed by atoms with Gasteiger partial charge in [-0.2, -0.15) is 0 Å². The zero-order valence-electron chi connectivity index (χ0n) is 10.2. The van der Waals surface area contributed by atoms with Crippen LogP contribution < -0.4 is 0 Å². The summed E-state index contributed by atoms with van der Waals surface area (Å²) in [6.45, 7) is 4.27. The molecule has 90 valence electrons. The molecule has 0 bridgehead atoms. The second kappa shape index (κ2) is 3.95. The summed E-state index contributed by atoms with van der Waals surface area (Å²) in [4.78, 5) is 18.5. The number of thiazole rings is 1. The summed E-state index contributed by atoms with van der Waals surface area (Å²) in [5, 5.41) is 0. The molecule has 1 unspecified atom stereocenters. The molecule has 17 heavy (non-hydrogen) atoms. The van der Waals surface area contributed by atoms with Crippen molar-refractivity contribution in [2.75, 3.05) is 0 Å². The molecule has 0 spiro atoms. The largest absolute Gasteiger partial charge is 0.296 e. The van der Waals surface area contributed by atoms with Gasteiger partial charge in [-0.15, -0.1) is 11.3 Å². The predicted molar refractivity (Wildman–Crippen MR) is 69.2 cm³/mol. The molecule has 0 saturated carbocycles. The Morgan fingerprint density at radius 1 is 1.53 bits per heavy atom. The van der Waals surface area contributed by atoms with Gasteiger partial charge in [0.2, 0.25) is 0 Å². The van der Waals surface area contributed by atoms with E-state index < -0.39 is 0 Å². The number of aryl methyl sites for hydroxylation is 2. The van der Waals surface area contributed by atoms with Crippen LogP contribution in [0.15, 0.2) is 0 Å². The maximum atomic E-state index is 11.4. The highest BCUT2D eigenvalue weighted by atomic mass is 32.1. The van der Waals surface area contributed by atoms with Crippen molar-refractivity contribution in [2.45, 2.75) is 45.4 Å². The van der Waals surface area contributed by atoms with Gasteiger partial charge in [-0.3, -0.25) is 9.20 Å². The Bertz CT molecular complexity index is 582. The van der Waals surface area contributed by atoms with Crippen LogP contribution in [0.5, 0.6) is 0 Å². The summed E-state index contributed by atoms with van der Waals surface area (Å²) in [5.74, 6) is 0.361. The highest BCUT2D eigenvalue weighted by molar-refractivity contribution is 7.17. The fourth-order valence-electron chi connectivity index (χ4n) is 2.58. The van der Waals surface area contributed by atoms with Crippen LogP contribution in [-0.2, 0) is 12.8 Å². The number of fused-ring (bicyclic) bond motifs is 3. The van der Waals surface area contributed by atoms with E-state index in [2.05, 4.69) is 23.2 Å². The number of aromatic nitrogens is 2. The summed E-state index contributed by atoms with van der Waals surface area (Å²) in [6.07, 6.45) is 5.46. The molecule has 2 aromatic rings. The second-order valence-corrected chi connectivity index (χ2v) is 5.81. The molecule has 0 aliphatic heterocycles. The molecule has 0 aromatic carbocycles. The van der Waals surface area contributed by atoms with E-state index in [1.165, 1.54) is 17.0 Å². The molecular formula is C13H16N2OS. The van der Waals surface area contributed by atoms with E-state index in [-0.39, 0.29) is 0 Å². The minimum Gasteiger partial charge on any atom is -0.296 e. The molecule has 2 aromatic heterocycles. The fourth-order valence-corrected chi connectivity index (χ4v) is 3.80. The number of aldehydes is 1. The van der Waals surface area contributed by atoms with Crippen molar-refractivity contribution in [3.63, 3.8) is 0 Å². The van der Waals surface area contributed by atoms with Crippen LogP contribution in [0.25, 0.3) is 4.96 Å². The average Bonchev–Trinajstić information content (AvgIpc) is 2.96. The molecule has 3 nitrogen and oxygen atoms in total. The van der Waals surface area contributed by atoms with Gasteiger partial charge in [0.1, 0.15) is 5.69 Å².